The summed E-state index contributed by atoms with van der Waals surface area (Å²) in [5, 5.41) is 6.60. The standard InChI is InChI=1S/C20H26N4O2S/c1-13-19(14-2-4-23(13)5-3-14)22-20(25)16-10-15-17(12-27-18(15)11-21-16)24-6-8-26-9-7-24/h10-14,19H,2-9H2,1H3,(H,22,25)/t13-,19-/m0/s1. The summed E-state index contributed by atoms with van der Waals surface area (Å²) in [6.07, 6.45) is 4.22. The highest BCUT2D eigenvalue weighted by Gasteiger charge is 2.40. The van der Waals surface area contributed by atoms with Crippen LogP contribution >= 0.6 is 11.3 Å². The number of amides is 1. The van der Waals surface area contributed by atoms with Gasteiger partial charge in [-0.05, 0) is 44.8 Å². The van der Waals surface area contributed by atoms with Gasteiger partial charge in [0.2, 0.25) is 0 Å². The molecule has 2 atom stereocenters. The van der Waals surface area contributed by atoms with E-state index in [-0.39, 0.29) is 11.9 Å². The maximum atomic E-state index is 13.0. The number of ether oxygens (including phenoxy) is 1. The van der Waals surface area contributed by atoms with Crippen molar-refractivity contribution in [1.29, 1.82) is 0 Å². The Bertz CT molecular complexity index is 838. The van der Waals surface area contributed by atoms with E-state index in [4.69, 9.17) is 4.74 Å². The van der Waals surface area contributed by atoms with Crippen LogP contribution in [0.2, 0.25) is 0 Å². The van der Waals surface area contributed by atoms with Gasteiger partial charge in [0.05, 0.1) is 23.6 Å². The van der Waals surface area contributed by atoms with Gasteiger partial charge in [0.1, 0.15) is 5.69 Å². The Morgan fingerprint density at radius 3 is 2.78 bits per heavy atom. The van der Waals surface area contributed by atoms with Crippen molar-refractivity contribution < 1.29 is 9.53 Å². The molecule has 2 aromatic heterocycles. The molecule has 144 valence electrons. The molecule has 6 heterocycles. The minimum absolute atomic E-state index is 0.0402. The second-order valence-electron chi connectivity index (χ2n) is 7.90. The van der Waals surface area contributed by atoms with Crippen LogP contribution in [0.5, 0.6) is 0 Å². The van der Waals surface area contributed by atoms with Gasteiger partial charge in [-0.3, -0.25) is 9.69 Å². The van der Waals surface area contributed by atoms with E-state index >= 15 is 0 Å². The number of hydrogen-bond donors (Lipinski definition) is 1. The van der Waals surface area contributed by atoms with Crippen LogP contribution in [0.1, 0.15) is 30.3 Å². The minimum atomic E-state index is -0.0402. The smallest absolute Gasteiger partial charge is 0.270 e. The molecule has 0 unspecified atom stereocenters. The number of carbonyl (C=O) groups excluding carboxylic acids is 1. The van der Waals surface area contributed by atoms with Gasteiger partial charge in [0.25, 0.3) is 5.91 Å². The molecule has 2 aromatic rings. The highest BCUT2D eigenvalue weighted by Crippen LogP contribution is 2.34. The van der Waals surface area contributed by atoms with Crippen LogP contribution in [0.25, 0.3) is 10.1 Å². The maximum Gasteiger partial charge on any atom is 0.270 e. The maximum absolute atomic E-state index is 13.0. The Labute approximate surface area is 163 Å². The van der Waals surface area contributed by atoms with Crippen molar-refractivity contribution in [3.8, 4) is 0 Å². The number of hydrogen-bond acceptors (Lipinski definition) is 6. The molecule has 7 heteroatoms. The van der Waals surface area contributed by atoms with E-state index in [0.29, 0.717) is 17.7 Å². The highest BCUT2D eigenvalue weighted by molar-refractivity contribution is 7.17. The van der Waals surface area contributed by atoms with Gasteiger partial charge in [-0.1, -0.05) is 0 Å². The summed E-state index contributed by atoms with van der Waals surface area (Å²) in [6.45, 7) is 7.88. The summed E-state index contributed by atoms with van der Waals surface area (Å²) in [5.41, 5.74) is 1.73. The molecule has 0 spiro atoms. The van der Waals surface area contributed by atoms with Crippen LogP contribution in [0.4, 0.5) is 5.69 Å². The summed E-state index contributed by atoms with van der Waals surface area (Å²) < 4.78 is 6.60. The van der Waals surface area contributed by atoms with E-state index in [1.54, 1.807) is 11.3 Å². The van der Waals surface area contributed by atoms with Crippen LogP contribution in [-0.2, 0) is 4.74 Å². The Hall–Kier alpha value is -1.70. The van der Waals surface area contributed by atoms with Gasteiger partial charge in [0, 0.05) is 42.1 Å². The molecule has 1 amide bonds. The van der Waals surface area contributed by atoms with Crippen molar-refractivity contribution in [2.75, 3.05) is 44.3 Å². The number of pyridine rings is 1. The van der Waals surface area contributed by atoms with Crippen LogP contribution in [0.3, 0.4) is 0 Å². The summed E-state index contributed by atoms with van der Waals surface area (Å²) in [6, 6.07) is 2.62. The van der Waals surface area contributed by atoms with Gasteiger partial charge in [-0.25, -0.2) is 4.98 Å². The monoisotopic (exact) mass is 386 g/mol. The van der Waals surface area contributed by atoms with E-state index in [0.717, 1.165) is 36.4 Å². The molecule has 0 aliphatic carbocycles. The van der Waals surface area contributed by atoms with E-state index in [1.165, 1.54) is 31.6 Å². The Kier molecular flexibility index (Phi) is 4.53. The summed E-state index contributed by atoms with van der Waals surface area (Å²) in [7, 11) is 0. The molecule has 2 bridgehead atoms. The average molecular weight is 387 g/mol. The van der Waals surface area contributed by atoms with E-state index in [2.05, 4.69) is 32.4 Å². The van der Waals surface area contributed by atoms with E-state index in [9.17, 15) is 4.79 Å². The second kappa shape index (κ2) is 7.04. The first-order valence-corrected chi connectivity index (χ1v) is 10.8. The first-order chi connectivity index (χ1) is 13.2. The van der Waals surface area contributed by atoms with Crippen molar-refractivity contribution in [3.05, 3.63) is 23.3 Å². The Morgan fingerprint density at radius 2 is 2.04 bits per heavy atom. The largest absolute Gasteiger partial charge is 0.378 e. The number of nitrogens with zero attached hydrogens (tertiary/aromatic N) is 3. The van der Waals surface area contributed by atoms with Crippen LogP contribution < -0.4 is 10.2 Å². The minimum Gasteiger partial charge on any atom is -0.378 e. The molecule has 4 saturated heterocycles. The van der Waals surface area contributed by atoms with Crippen molar-refractivity contribution in [2.24, 2.45) is 5.92 Å². The number of piperidine rings is 3. The molecule has 0 saturated carbocycles. The van der Waals surface area contributed by atoms with Gasteiger partial charge in [-0.2, -0.15) is 0 Å². The Balaban J connectivity index is 1.38. The number of fused-ring (bicyclic) bond motifs is 4. The van der Waals surface area contributed by atoms with Crippen molar-refractivity contribution >= 4 is 33.0 Å². The molecule has 4 aliphatic rings. The van der Waals surface area contributed by atoms with Crippen LogP contribution in [-0.4, -0.2) is 67.3 Å². The van der Waals surface area contributed by atoms with Gasteiger partial charge in [0.15, 0.2) is 0 Å². The summed E-state index contributed by atoms with van der Waals surface area (Å²) in [4.78, 5) is 22.3. The van der Waals surface area contributed by atoms with Gasteiger partial charge >= 0.3 is 0 Å². The lowest BCUT2D eigenvalue weighted by Gasteiger charge is -2.49. The van der Waals surface area contributed by atoms with Crippen molar-refractivity contribution in [2.45, 2.75) is 31.8 Å². The molecule has 6 nitrogen and oxygen atoms in total. The average Bonchev–Trinajstić information content (AvgIpc) is 3.15. The summed E-state index contributed by atoms with van der Waals surface area (Å²) >= 11 is 1.69. The van der Waals surface area contributed by atoms with Gasteiger partial charge in [-0.15, -0.1) is 11.3 Å². The van der Waals surface area contributed by atoms with Crippen LogP contribution in [0, 0.1) is 5.92 Å². The zero-order chi connectivity index (χ0) is 18.4. The number of morpholine rings is 1. The predicted octanol–water partition coefficient (Wildman–Crippen LogP) is 2.35. The SMILES string of the molecule is C[C@H]1[C@H](NC(=O)c2cc3c(N4CCOCC4)csc3cn2)C2CCN1CC2. The van der Waals surface area contributed by atoms with E-state index < -0.39 is 0 Å². The molecule has 6 rings (SSSR count). The zero-order valence-electron chi connectivity index (χ0n) is 15.7. The molecule has 4 aliphatic heterocycles. The molecular formula is C20H26N4O2S. The molecule has 0 aromatic carbocycles. The lowest BCUT2D eigenvalue weighted by molar-refractivity contribution is 0.0216. The summed E-state index contributed by atoms with van der Waals surface area (Å²) in [5.74, 6) is 0.560. The Morgan fingerprint density at radius 1 is 1.26 bits per heavy atom. The molecular weight excluding hydrogens is 360 g/mol. The predicted molar refractivity (Wildman–Crippen MR) is 108 cm³/mol. The third-order valence-corrected chi connectivity index (χ3v) is 7.42. The fourth-order valence-electron chi connectivity index (χ4n) is 4.86. The number of carbonyl (C=O) groups is 1. The number of nitrogens with one attached hydrogen (secondary N) is 1. The quantitative estimate of drug-likeness (QED) is 0.878. The molecule has 4 fully saturated rings. The number of aromatic nitrogens is 1. The van der Waals surface area contributed by atoms with E-state index in [1.807, 2.05) is 12.3 Å². The topological polar surface area (TPSA) is 57.7 Å². The van der Waals surface area contributed by atoms with Crippen molar-refractivity contribution in [3.63, 3.8) is 0 Å². The van der Waals surface area contributed by atoms with Gasteiger partial charge < -0.3 is 15.0 Å². The number of thiophene rings is 1. The lowest BCUT2D eigenvalue weighted by Crippen LogP contribution is -2.62. The number of rotatable bonds is 3. The lowest BCUT2D eigenvalue weighted by atomic mass is 9.79. The molecule has 0 radical (unpaired) electrons. The van der Waals surface area contributed by atoms with Crippen molar-refractivity contribution in [1.82, 2.24) is 15.2 Å². The van der Waals surface area contributed by atoms with Crippen LogP contribution in [0.15, 0.2) is 17.6 Å². The molecule has 1 N–H and O–H groups in total. The fourth-order valence-corrected chi connectivity index (χ4v) is 5.78. The highest BCUT2D eigenvalue weighted by atomic mass is 32.1. The third kappa shape index (κ3) is 3.11. The first-order valence-electron chi connectivity index (χ1n) is 9.95. The zero-order valence-corrected chi connectivity index (χ0v) is 16.5. The number of anilines is 1. The first kappa shape index (κ1) is 17.4. The normalized spacial score (nSPS) is 30.6. The second-order valence-corrected chi connectivity index (χ2v) is 8.81. The third-order valence-electron chi connectivity index (χ3n) is 6.50. The fraction of sp³-hybridized carbons (Fsp3) is 0.600. The molecule has 27 heavy (non-hydrogen) atoms.